The SMILES string of the molecule is CC(C)(C)OC(=O)NCC1CCCCN1C(=O)c1cccn(Cc2ccccc2)c1=O. The molecule has 1 atom stereocenters. The van der Waals surface area contributed by atoms with Crippen molar-refractivity contribution >= 4 is 12.0 Å². The number of amides is 2. The zero-order valence-electron chi connectivity index (χ0n) is 18.5. The molecular weight excluding hydrogens is 394 g/mol. The van der Waals surface area contributed by atoms with E-state index in [9.17, 15) is 14.4 Å². The maximum absolute atomic E-state index is 13.3. The number of piperidine rings is 1. The Balaban J connectivity index is 1.73. The van der Waals surface area contributed by atoms with E-state index in [1.807, 2.05) is 30.3 Å². The summed E-state index contributed by atoms with van der Waals surface area (Å²) in [6.45, 7) is 6.68. The summed E-state index contributed by atoms with van der Waals surface area (Å²) < 4.78 is 6.85. The molecule has 1 unspecified atom stereocenters. The normalized spacial score (nSPS) is 16.6. The Morgan fingerprint density at radius 1 is 1.10 bits per heavy atom. The van der Waals surface area contributed by atoms with Crippen LogP contribution < -0.4 is 10.9 Å². The lowest BCUT2D eigenvalue weighted by atomic mass is 10.0. The van der Waals surface area contributed by atoms with Crippen LogP contribution in [-0.2, 0) is 11.3 Å². The molecular formula is C24H31N3O4. The smallest absolute Gasteiger partial charge is 0.407 e. The van der Waals surface area contributed by atoms with E-state index >= 15 is 0 Å². The molecule has 1 saturated heterocycles. The van der Waals surface area contributed by atoms with E-state index in [1.165, 1.54) is 0 Å². The maximum atomic E-state index is 13.3. The van der Waals surface area contributed by atoms with Crippen LogP contribution in [0.5, 0.6) is 0 Å². The van der Waals surface area contributed by atoms with Crippen molar-refractivity contribution < 1.29 is 14.3 Å². The highest BCUT2D eigenvalue weighted by molar-refractivity contribution is 5.94. The number of ether oxygens (including phenoxy) is 1. The summed E-state index contributed by atoms with van der Waals surface area (Å²) in [5, 5.41) is 2.77. The molecule has 31 heavy (non-hydrogen) atoms. The van der Waals surface area contributed by atoms with Gasteiger partial charge in [-0.3, -0.25) is 9.59 Å². The van der Waals surface area contributed by atoms with Crippen molar-refractivity contribution in [3.05, 3.63) is 70.1 Å². The molecule has 0 spiro atoms. The first-order valence-corrected chi connectivity index (χ1v) is 10.8. The first-order chi connectivity index (χ1) is 14.7. The Morgan fingerprint density at radius 2 is 1.84 bits per heavy atom. The minimum Gasteiger partial charge on any atom is -0.444 e. The van der Waals surface area contributed by atoms with Crippen LogP contribution >= 0.6 is 0 Å². The molecule has 1 aromatic heterocycles. The Kier molecular flexibility index (Phi) is 7.15. The highest BCUT2D eigenvalue weighted by Crippen LogP contribution is 2.19. The maximum Gasteiger partial charge on any atom is 0.407 e. The number of benzene rings is 1. The standard InChI is InChI=1S/C24H31N3O4/c1-24(2,3)31-23(30)25-16-19-12-7-8-15-27(19)22(29)20-13-9-14-26(21(20)28)17-18-10-5-4-6-11-18/h4-6,9-11,13-14,19H,7-8,12,15-17H2,1-3H3,(H,25,30). The van der Waals surface area contributed by atoms with E-state index in [4.69, 9.17) is 4.74 Å². The second-order valence-electron chi connectivity index (χ2n) is 8.87. The molecule has 2 heterocycles. The van der Waals surface area contributed by atoms with Gasteiger partial charge in [0.05, 0.1) is 6.54 Å². The number of hydrogen-bond acceptors (Lipinski definition) is 4. The lowest BCUT2D eigenvalue weighted by Crippen LogP contribution is -2.51. The fraction of sp³-hybridized carbons (Fsp3) is 0.458. The largest absolute Gasteiger partial charge is 0.444 e. The molecule has 2 aromatic rings. The number of carbonyl (C=O) groups excluding carboxylic acids is 2. The van der Waals surface area contributed by atoms with Crippen LogP contribution in [0.25, 0.3) is 0 Å². The minimum atomic E-state index is -0.583. The molecule has 0 aliphatic carbocycles. The summed E-state index contributed by atoms with van der Waals surface area (Å²) in [4.78, 5) is 40.0. The average Bonchev–Trinajstić information content (AvgIpc) is 2.73. The third-order valence-electron chi connectivity index (χ3n) is 5.22. The van der Waals surface area contributed by atoms with Crippen LogP contribution in [0.15, 0.2) is 53.5 Å². The van der Waals surface area contributed by atoms with E-state index < -0.39 is 11.7 Å². The molecule has 0 radical (unpaired) electrons. The number of nitrogens with zero attached hydrogens (tertiary/aromatic N) is 2. The van der Waals surface area contributed by atoms with Crippen molar-refractivity contribution in [1.82, 2.24) is 14.8 Å². The Labute approximate surface area is 183 Å². The van der Waals surface area contributed by atoms with Crippen molar-refractivity contribution in [2.75, 3.05) is 13.1 Å². The average molecular weight is 426 g/mol. The number of alkyl carbamates (subject to hydrolysis) is 1. The van der Waals surface area contributed by atoms with Crippen LogP contribution in [0, 0.1) is 0 Å². The first kappa shape index (κ1) is 22.6. The van der Waals surface area contributed by atoms with Gasteiger partial charge in [0.25, 0.3) is 11.5 Å². The van der Waals surface area contributed by atoms with E-state index in [0.29, 0.717) is 19.6 Å². The highest BCUT2D eigenvalue weighted by Gasteiger charge is 2.30. The topological polar surface area (TPSA) is 80.6 Å². The number of rotatable bonds is 5. The number of likely N-dealkylation sites (tertiary alicyclic amines) is 1. The first-order valence-electron chi connectivity index (χ1n) is 10.8. The molecule has 2 amide bonds. The zero-order valence-corrected chi connectivity index (χ0v) is 18.5. The van der Waals surface area contributed by atoms with Crippen LogP contribution in [-0.4, -0.2) is 46.2 Å². The number of hydrogen-bond donors (Lipinski definition) is 1. The molecule has 1 aliphatic heterocycles. The second kappa shape index (κ2) is 9.81. The molecule has 7 heteroatoms. The van der Waals surface area contributed by atoms with Crippen LogP contribution in [0.3, 0.4) is 0 Å². The molecule has 1 N–H and O–H groups in total. The molecule has 7 nitrogen and oxygen atoms in total. The summed E-state index contributed by atoms with van der Waals surface area (Å²) in [6, 6.07) is 12.8. The van der Waals surface area contributed by atoms with Gasteiger partial charge in [-0.15, -0.1) is 0 Å². The van der Waals surface area contributed by atoms with Crippen molar-refractivity contribution in [3.8, 4) is 0 Å². The molecule has 3 rings (SSSR count). The zero-order chi connectivity index (χ0) is 22.4. The van der Waals surface area contributed by atoms with E-state index in [0.717, 1.165) is 24.8 Å². The number of nitrogens with one attached hydrogen (secondary N) is 1. The summed E-state index contributed by atoms with van der Waals surface area (Å²) in [6.07, 6.45) is 3.81. The molecule has 1 aromatic carbocycles. The predicted octanol–water partition coefficient (Wildman–Crippen LogP) is 3.42. The van der Waals surface area contributed by atoms with Gasteiger partial charge in [-0.05, 0) is 57.7 Å². The van der Waals surface area contributed by atoms with Crippen LogP contribution in [0.2, 0.25) is 0 Å². The van der Waals surface area contributed by atoms with Gasteiger partial charge in [-0.1, -0.05) is 30.3 Å². The van der Waals surface area contributed by atoms with Gasteiger partial charge in [0.15, 0.2) is 0 Å². The van der Waals surface area contributed by atoms with Gasteiger partial charge < -0.3 is 19.5 Å². The lowest BCUT2D eigenvalue weighted by Gasteiger charge is -2.36. The summed E-state index contributed by atoms with van der Waals surface area (Å²) in [7, 11) is 0. The summed E-state index contributed by atoms with van der Waals surface area (Å²) in [5.41, 5.74) is 0.259. The lowest BCUT2D eigenvalue weighted by molar-refractivity contribution is 0.0461. The van der Waals surface area contributed by atoms with Gasteiger partial charge in [0.1, 0.15) is 11.2 Å². The van der Waals surface area contributed by atoms with E-state index in [-0.39, 0.29) is 23.1 Å². The monoisotopic (exact) mass is 425 g/mol. The fourth-order valence-electron chi connectivity index (χ4n) is 3.75. The van der Waals surface area contributed by atoms with Gasteiger partial charge >= 0.3 is 6.09 Å². The van der Waals surface area contributed by atoms with Crippen molar-refractivity contribution in [2.45, 2.75) is 58.2 Å². The minimum absolute atomic E-state index is 0.155. The Bertz CT molecular complexity index is 963. The van der Waals surface area contributed by atoms with E-state index in [2.05, 4.69) is 5.32 Å². The van der Waals surface area contributed by atoms with Gasteiger partial charge in [0, 0.05) is 25.3 Å². The fourth-order valence-corrected chi connectivity index (χ4v) is 3.75. The van der Waals surface area contributed by atoms with Gasteiger partial charge in [-0.25, -0.2) is 4.79 Å². The van der Waals surface area contributed by atoms with Gasteiger partial charge in [-0.2, -0.15) is 0 Å². The molecule has 0 bridgehead atoms. The van der Waals surface area contributed by atoms with E-state index in [1.54, 1.807) is 48.6 Å². The van der Waals surface area contributed by atoms with Crippen LogP contribution in [0.1, 0.15) is 56.0 Å². The van der Waals surface area contributed by atoms with Crippen molar-refractivity contribution in [2.24, 2.45) is 0 Å². The molecule has 0 saturated carbocycles. The quantitative estimate of drug-likeness (QED) is 0.796. The van der Waals surface area contributed by atoms with Crippen molar-refractivity contribution in [1.29, 1.82) is 0 Å². The number of aromatic nitrogens is 1. The van der Waals surface area contributed by atoms with Crippen molar-refractivity contribution in [3.63, 3.8) is 0 Å². The summed E-state index contributed by atoms with van der Waals surface area (Å²) >= 11 is 0. The third kappa shape index (κ3) is 6.20. The molecule has 1 fully saturated rings. The molecule has 166 valence electrons. The highest BCUT2D eigenvalue weighted by atomic mass is 16.6. The molecule has 1 aliphatic rings. The predicted molar refractivity (Wildman–Crippen MR) is 119 cm³/mol. The number of carbonyl (C=O) groups is 2. The Hall–Kier alpha value is -3.09. The van der Waals surface area contributed by atoms with Gasteiger partial charge in [0.2, 0.25) is 0 Å². The third-order valence-corrected chi connectivity index (χ3v) is 5.22. The second-order valence-corrected chi connectivity index (χ2v) is 8.87. The van der Waals surface area contributed by atoms with Crippen LogP contribution in [0.4, 0.5) is 4.79 Å². The Morgan fingerprint density at radius 3 is 2.55 bits per heavy atom. The number of pyridine rings is 1. The summed E-state index contributed by atoms with van der Waals surface area (Å²) in [5.74, 6) is -0.289.